The number of hydrogen-bond donors (Lipinski definition) is 2. The van der Waals surface area contributed by atoms with Crippen LogP contribution in [0.2, 0.25) is 0 Å². The number of nitrogens with zero attached hydrogens (tertiary/aromatic N) is 1. The van der Waals surface area contributed by atoms with Crippen LogP contribution in [0.15, 0.2) is 53.5 Å². The van der Waals surface area contributed by atoms with Gasteiger partial charge in [0.1, 0.15) is 0 Å². The molecular weight excluding hydrogens is 338 g/mol. The van der Waals surface area contributed by atoms with Crippen molar-refractivity contribution >= 4 is 17.6 Å². The second-order valence-corrected chi connectivity index (χ2v) is 6.82. The monoisotopic (exact) mass is 365 g/mol. The molecule has 1 fully saturated rings. The van der Waals surface area contributed by atoms with E-state index >= 15 is 0 Å². The lowest BCUT2D eigenvalue weighted by molar-refractivity contribution is 0.0975. The predicted octanol–water partition coefficient (Wildman–Crippen LogP) is 3.93. The Morgan fingerprint density at radius 1 is 1.22 bits per heavy atom. The number of benzene rings is 2. The summed E-state index contributed by atoms with van der Waals surface area (Å²) in [5.74, 6) is 0.267. The second kappa shape index (κ2) is 9.33. The maximum Gasteiger partial charge on any atom is 0.257 e. The lowest BCUT2D eigenvalue weighted by atomic mass is 10.1. The van der Waals surface area contributed by atoms with Gasteiger partial charge in [-0.05, 0) is 56.0 Å². The Morgan fingerprint density at radius 2 is 2.04 bits per heavy atom. The average molecular weight is 365 g/mol. The Bertz CT molecular complexity index is 793. The van der Waals surface area contributed by atoms with Crippen LogP contribution in [0.25, 0.3) is 0 Å². The SMILES string of the molecule is CCc1ccc(NC(=NC[C@@H]2CCCO2)NC(=O)c2cccc(C)c2)cc1. The first-order valence-electron chi connectivity index (χ1n) is 9.54. The molecule has 1 amide bonds. The first kappa shape index (κ1) is 19.1. The Hall–Kier alpha value is -2.66. The van der Waals surface area contributed by atoms with Crippen LogP contribution in [0.4, 0.5) is 5.69 Å². The van der Waals surface area contributed by atoms with Crippen molar-refractivity contribution in [3.05, 3.63) is 65.2 Å². The summed E-state index contributed by atoms with van der Waals surface area (Å²) in [6.45, 7) is 5.41. The van der Waals surface area contributed by atoms with Crippen molar-refractivity contribution in [2.75, 3.05) is 18.5 Å². The van der Waals surface area contributed by atoms with Gasteiger partial charge in [-0.2, -0.15) is 0 Å². The van der Waals surface area contributed by atoms with Crippen LogP contribution in [0.3, 0.4) is 0 Å². The van der Waals surface area contributed by atoms with E-state index in [2.05, 4.69) is 34.7 Å². The normalized spacial score (nSPS) is 17.0. The summed E-state index contributed by atoms with van der Waals surface area (Å²) in [4.78, 5) is 17.2. The first-order chi connectivity index (χ1) is 13.1. The molecule has 2 aromatic rings. The third kappa shape index (κ3) is 5.66. The van der Waals surface area contributed by atoms with Crippen molar-refractivity contribution < 1.29 is 9.53 Å². The van der Waals surface area contributed by atoms with Crippen molar-refractivity contribution in [3.8, 4) is 0 Å². The molecule has 0 spiro atoms. The number of carbonyl (C=O) groups excluding carboxylic acids is 1. The highest BCUT2D eigenvalue weighted by Gasteiger charge is 2.16. The maximum absolute atomic E-state index is 12.6. The molecule has 1 aliphatic heterocycles. The highest BCUT2D eigenvalue weighted by Crippen LogP contribution is 2.13. The van der Waals surface area contributed by atoms with Crippen LogP contribution in [0, 0.1) is 6.92 Å². The predicted molar refractivity (Wildman–Crippen MR) is 109 cm³/mol. The number of amides is 1. The molecule has 2 aromatic carbocycles. The topological polar surface area (TPSA) is 62.7 Å². The van der Waals surface area contributed by atoms with Crippen molar-refractivity contribution in [3.63, 3.8) is 0 Å². The summed E-state index contributed by atoms with van der Waals surface area (Å²) in [6, 6.07) is 15.7. The molecule has 0 bridgehead atoms. The smallest absolute Gasteiger partial charge is 0.257 e. The van der Waals surface area contributed by atoms with Gasteiger partial charge in [-0.3, -0.25) is 10.1 Å². The molecule has 0 saturated carbocycles. The molecular formula is C22H27N3O2. The second-order valence-electron chi connectivity index (χ2n) is 6.82. The summed E-state index contributed by atoms with van der Waals surface area (Å²) in [5.41, 5.74) is 3.82. The fourth-order valence-electron chi connectivity index (χ4n) is 3.02. The van der Waals surface area contributed by atoms with E-state index in [1.807, 2.05) is 37.3 Å². The number of carbonyl (C=O) groups is 1. The molecule has 2 N–H and O–H groups in total. The largest absolute Gasteiger partial charge is 0.376 e. The average Bonchev–Trinajstić information content (AvgIpc) is 3.20. The third-order valence-corrected chi connectivity index (χ3v) is 4.61. The molecule has 1 atom stereocenters. The van der Waals surface area contributed by atoms with Gasteiger partial charge in [0, 0.05) is 17.9 Å². The van der Waals surface area contributed by atoms with Gasteiger partial charge in [-0.25, -0.2) is 4.99 Å². The minimum atomic E-state index is -0.178. The summed E-state index contributed by atoms with van der Waals surface area (Å²) in [6.07, 6.45) is 3.19. The summed E-state index contributed by atoms with van der Waals surface area (Å²) >= 11 is 0. The van der Waals surface area contributed by atoms with Crippen molar-refractivity contribution in [1.82, 2.24) is 5.32 Å². The fourth-order valence-corrected chi connectivity index (χ4v) is 3.02. The summed E-state index contributed by atoms with van der Waals surface area (Å²) in [5, 5.41) is 6.14. The van der Waals surface area contributed by atoms with Gasteiger partial charge in [0.2, 0.25) is 5.96 Å². The molecule has 1 aliphatic rings. The first-order valence-corrected chi connectivity index (χ1v) is 9.54. The van der Waals surface area contributed by atoms with E-state index in [9.17, 15) is 4.79 Å². The van der Waals surface area contributed by atoms with Gasteiger partial charge in [0.15, 0.2) is 0 Å². The van der Waals surface area contributed by atoms with E-state index < -0.39 is 0 Å². The fraction of sp³-hybridized carbons (Fsp3) is 0.364. The van der Waals surface area contributed by atoms with E-state index in [-0.39, 0.29) is 12.0 Å². The van der Waals surface area contributed by atoms with Gasteiger partial charge in [0.05, 0.1) is 12.6 Å². The molecule has 0 radical (unpaired) electrons. The van der Waals surface area contributed by atoms with E-state index in [4.69, 9.17) is 4.74 Å². The Morgan fingerprint density at radius 3 is 2.70 bits per heavy atom. The number of anilines is 1. The molecule has 142 valence electrons. The maximum atomic E-state index is 12.6. The molecule has 0 unspecified atom stereocenters. The zero-order valence-electron chi connectivity index (χ0n) is 16.0. The van der Waals surface area contributed by atoms with E-state index in [1.54, 1.807) is 6.07 Å². The van der Waals surface area contributed by atoms with Crippen molar-refractivity contribution in [2.24, 2.45) is 4.99 Å². The molecule has 0 aliphatic carbocycles. The number of nitrogens with one attached hydrogen (secondary N) is 2. The Labute approximate surface area is 160 Å². The molecule has 5 heteroatoms. The van der Waals surface area contributed by atoms with Gasteiger partial charge in [-0.15, -0.1) is 0 Å². The molecule has 0 aromatic heterocycles. The minimum absolute atomic E-state index is 0.125. The van der Waals surface area contributed by atoms with Crippen molar-refractivity contribution in [1.29, 1.82) is 0 Å². The summed E-state index contributed by atoms with van der Waals surface area (Å²) in [7, 11) is 0. The minimum Gasteiger partial charge on any atom is -0.376 e. The van der Waals surface area contributed by atoms with Crippen LogP contribution in [-0.4, -0.2) is 31.1 Å². The molecule has 5 nitrogen and oxygen atoms in total. The van der Waals surface area contributed by atoms with Gasteiger partial charge in [0.25, 0.3) is 5.91 Å². The number of guanidine groups is 1. The van der Waals surface area contributed by atoms with Crippen LogP contribution in [0.5, 0.6) is 0 Å². The van der Waals surface area contributed by atoms with E-state index in [0.29, 0.717) is 18.1 Å². The molecule has 3 rings (SSSR count). The standard InChI is InChI=1S/C22H27N3O2/c1-3-17-9-11-19(12-10-17)24-22(23-15-20-8-5-13-27-20)25-21(26)18-7-4-6-16(2)14-18/h4,6-7,9-12,14,20H,3,5,8,13,15H2,1-2H3,(H2,23,24,25,26)/t20-/m0/s1. The summed E-state index contributed by atoms with van der Waals surface area (Å²) < 4.78 is 5.64. The van der Waals surface area contributed by atoms with Crippen LogP contribution in [0.1, 0.15) is 41.3 Å². The number of aliphatic imine (C=N–C) groups is 1. The number of hydrogen-bond acceptors (Lipinski definition) is 3. The van der Waals surface area contributed by atoms with E-state index in [1.165, 1.54) is 5.56 Å². The highest BCUT2D eigenvalue weighted by atomic mass is 16.5. The molecule has 27 heavy (non-hydrogen) atoms. The van der Waals surface area contributed by atoms with E-state index in [0.717, 1.165) is 37.1 Å². The van der Waals surface area contributed by atoms with Gasteiger partial charge >= 0.3 is 0 Å². The Kier molecular flexibility index (Phi) is 6.60. The van der Waals surface area contributed by atoms with Gasteiger partial charge in [-0.1, -0.05) is 36.8 Å². The van der Waals surface area contributed by atoms with Crippen LogP contribution >= 0.6 is 0 Å². The number of rotatable bonds is 5. The van der Waals surface area contributed by atoms with Crippen molar-refractivity contribution in [2.45, 2.75) is 39.2 Å². The third-order valence-electron chi connectivity index (χ3n) is 4.61. The van der Waals surface area contributed by atoms with Gasteiger partial charge < -0.3 is 10.1 Å². The molecule has 1 heterocycles. The molecule has 1 saturated heterocycles. The lowest BCUT2D eigenvalue weighted by Gasteiger charge is -2.14. The number of aryl methyl sites for hydroxylation is 2. The Balaban J connectivity index is 1.73. The van der Waals surface area contributed by atoms with Crippen LogP contribution < -0.4 is 10.6 Å². The van der Waals surface area contributed by atoms with Crippen LogP contribution in [-0.2, 0) is 11.2 Å². The lowest BCUT2D eigenvalue weighted by Crippen LogP contribution is -2.36. The number of ether oxygens (including phenoxy) is 1. The highest BCUT2D eigenvalue weighted by molar-refractivity contribution is 6.10. The quantitative estimate of drug-likeness (QED) is 0.623. The zero-order valence-corrected chi connectivity index (χ0v) is 16.0. The zero-order chi connectivity index (χ0) is 19.1.